The van der Waals surface area contributed by atoms with Gasteiger partial charge in [0.25, 0.3) is 0 Å². The second-order valence-electron chi connectivity index (χ2n) is 9.65. The third-order valence-electron chi connectivity index (χ3n) is 7.32. The van der Waals surface area contributed by atoms with E-state index >= 15 is 0 Å². The van der Waals surface area contributed by atoms with Gasteiger partial charge in [-0.15, -0.1) is 0 Å². The molecule has 2 aliphatic rings. The molecule has 0 saturated heterocycles. The van der Waals surface area contributed by atoms with E-state index in [4.69, 9.17) is 9.84 Å². The lowest BCUT2D eigenvalue weighted by atomic mass is 9.85. The molecule has 1 unspecified atom stereocenters. The van der Waals surface area contributed by atoms with Crippen molar-refractivity contribution in [3.05, 3.63) is 59.7 Å². The molecule has 0 aromatic heterocycles. The zero-order chi connectivity index (χ0) is 24.8. The van der Waals surface area contributed by atoms with Crippen LogP contribution in [-0.2, 0) is 14.3 Å². The molecule has 1 fully saturated rings. The van der Waals surface area contributed by atoms with Crippen LogP contribution >= 0.6 is 0 Å². The molecule has 0 bridgehead atoms. The molecule has 7 heteroatoms. The molecule has 2 aromatic rings. The third kappa shape index (κ3) is 6.02. The van der Waals surface area contributed by atoms with Gasteiger partial charge in [-0.05, 0) is 47.4 Å². The van der Waals surface area contributed by atoms with E-state index in [1.807, 2.05) is 31.2 Å². The minimum Gasteiger partial charge on any atom is -0.481 e. The van der Waals surface area contributed by atoms with E-state index in [2.05, 4.69) is 34.9 Å². The number of carboxylic acids is 1. The molecular weight excluding hydrogens is 444 g/mol. The van der Waals surface area contributed by atoms with Crippen LogP contribution in [0.4, 0.5) is 4.79 Å². The molecule has 186 valence electrons. The van der Waals surface area contributed by atoms with Gasteiger partial charge in [0.15, 0.2) is 0 Å². The number of amides is 2. The van der Waals surface area contributed by atoms with Crippen molar-refractivity contribution in [3.8, 4) is 11.1 Å². The molecule has 1 saturated carbocycles. The Kier molecular flexibility index (Phi) is 8.06. The summed E-state index contributed by atoms with van der Waals surface area (Å²) in [4.78, 5) is 36.3. The molecule has 2 aromatic carbocycles. The van der Waals surface area contributed by atoms with Gasteiger partial charge in [-0.3, -0.25) is 9.59 Å². The van der Waals surface area contributed by atoms with Crippen molar-refractivity contribution in [1.29, 1.82) is 0 Å². The van der Waals surface area contributed by atoms with Gasteiger partial charge in [0, 0.05) is 30.8 Å². The van der Waals surface area contributed by atoms with Crippen molar-refractivity contribution in [2.75, 3.05) is 13.2 Å². The third-order valence-corrected chi connectivity index (χ3v) is 7.32. The molecule has 3 atom stereocenters. The van der Waals surface area contributed by atoms with Crippen LogP contribution in [-0.4, -0.2) is 42.3 Å². The highest BCUT2D eigenvalue weighted by Crippen LogP contribution is 2.44. The standard InChI is InChI=1S/C28H34N2O5/c1-2-18(14-26(31)32)16-29-27(33)19-8-7-9-20(15-19)30-28(34)35-17-25-23-12-5-3-10-21(23)22-11-4-6-13-24(22)25/h3-6,10-13,18-20,25H,2,7-9,14-17H2,1H3,(H,29,33)(H,30,34)(H,31,32)/t18?,19-,20+/m1/s1. The van der Waals surface area contributed by atoms with Gasteiger partial charge < -0.3 is 20.5 Å². The quantitative estimate of drug-likeness (QED) is 0.485. The Bertz CT molecular complexity index is 1020. The number of ether oxygens (including phenoxy) is 1. The van der Waals surface area contributed by atoms with E-state index in [1.54, 1.807) is 0 Å². The van der Waals surface area contributed by atoms with Gasteiger partial charge in [-0.1, -0.05) is 68.3 Å². The topological polar surface area (TPSA) is 105 Å². The lowest BCUT2D eigenvalue weighted by Crippen LogP contribution is -2.43. The SMILES string of the molecule is CCC(CNC(=O)[C@@H]1CCC[C@H](NC(=O)OCC2c3ccccc3-c3ccccc32)C1)CC(=O)O. The summed E-state index contributed by atoms with van der Waals surface area (Å²) in [6.45, 7) is 2.55. The van der Waals surface area contributed by atoms with Crippen LogP contribution in [0.5, 0.6) is 0 Å². The average Bonchev–Trinajstić information content (AvgIpc) is 3.18. The summed E-state index contributed by atoms with van der Waals surface area (Å²) in [5.74, 6) is -1.17. The molecule has 2 amide bonds. The van der Waals surface area contributed by atoms with E-state index in [0.29, 0.717) is 19.4 Å². The fraction of sp³-hybridized carbons (Fsp3) is 0.464. The summed E-state index contributed by atoms with van der Waals surface area (Å²) in [7, 11) is 0. The van der Waals surface area contributed by atoms with Gasteiger partial charge in [-0.25, -0.2) is 4.79 Å². The molecule has 3 N–H and O–H groups in total. The van der Waals surface area contributed by atoms with Gasteiger partial charge in [0.1, 0.15) is 6.61 Å². The molecule has 0 aliphatic heterocycles. The first-order valence-electron chi connectivity index (χ1n) is 12.6. The molecule has 4 rings (SSSR count). The number of alkyl carbamates (subject to hydrolysis) is 1. The van der Waals surface area contributed by atoms with Gasteiger partial charge in [0.05, 0.1) is 0 Å². The van der Waals surface area contributed by atoms with Crippen molar-refractivity contribution in [2.24, 2.45) is 11.8 Å². The van der Waals surface area contributed by atoms with E-state index < -0.39 is 12.1 Å². The molecule has 0 radical (unpaired) electrons. The first-order valence-corrected chi connectivity index (χ1v) is 12.6. The summed E-state index contributed by atoms with van der Waals surface area (Å²) >= 11 is 0. The van der Waals surface area contributed by atoms with Gasteiger partial charge in [-0.2, -0.15) is 0 Å². The van der Waals surface area contributed by atoms with Crippen LogP contribution < -0.4 is 10.6 Å². The minimum atomic E-state index is -0.851. The van der Waals surface area contributed by atoms with Crippen molar-refractivity contribution in [2.45, 2.75) is 57.4 Å². The van der Waals surface area contributed by atoms with Crippen molar-refractivity contribution in [1.82, 2.24) is 10.6 Å². The Morgan fingerprint density at radius 2 is 1.69 bits per heavy atom. The van der Waals surface area contributed by atoms with Crippen molar-refractivity contribution in [3.63, 3.8) is 0 Å². The highest BCUT2D eigenvalue weighted by atomic mass is 16.5. The molecular formula is C28H34N2O5. The van der Waals surface area contributed by atoms with Crippen LogP contribution in [0.1, 0.15) is 62.5 Å². The Balaban J connectivity index is 1.27. The lowest BCUT2D eigenvalue weighted by molar-refractivity contribution is -0.138. The van der Waals surface area contributed by atoms with E-state index in [9.17, 15) is 14.4 Å². The largest absolute Gasteiger partial charge is 0.481 e. The predicted octanol–water partition coefficient (Wildman–Crippen LogP) is 4.70. The molecule has 2 aliphatic carbocycles. The highest BCUT2D eigenvalue weighted by Gasteiger charge is 2.31. The van der Waals surface area contributed by atoms with Crippen molar-refractivity contribution >= 4 is 18.0 Å². The second kappa shape index (κ2) is 11.4. The number of nitrogens with one attached hydrogen (secondary N) is 2. The summed E-state index contributed by atoms with van der Waals surface area (Å²) in [5.41, 5.74) is 4.71. The second-order valence-corrected chi connectivity index (χ2v) is 9.65. The fourth-order valence-electron chi connectivity index (χ4n) is 5.36. The molecule has 35 heavy (non-hydrogen) atoms. The van der Waals surface area contributed by atoms with Crippen LogP contribution in [0.25, 0.3) is 11.1 Å². The number of benzene rings is 2. The number of aliphatic carboxylic acids is 1. The number of carboxylic acid groups (broad SMARTS) is 1. The summed E-state index contributed by atoms with van der Waals surface area (Å²) < 4.78 is 5.66. The number of hydrogen-bond donors (Lipinski definition) is 3. The number of hydrogen-bond acceptors (Lipinski definition) is 4. The summed E-state index contributed by atoms with van der Waals surface area (Å²) in [5, 5.41) is 14.9. The smallest absolute Gasteiger partial charge is 0.407 e. The van der Waals surface area contributed by atoms with Crippen LogP contribution in [0.3, 0.4) is 0 Å². The van der Waals surface area contributed by atoms with Gasteiger partial charge in [0.2, 0.25) is 5.91 Å². The Morgan fingerprint density at radius 3 is 2.31 bits per heavy atom. The molecule has 0 heterocycles. The number of carbonyl (C=O) groups is 3. The van der Waals surface area contributed by atoms with Crippen LogP contribution in [0, 0.1) is 11.8 Å². The lowest BCUT2D eigenvalue weighted by Gasteiger charge is -2.29. The maximum atomic E-state index is 12.7. The first-order chi connectivity index (χ1) is 17.0. The Hall–Kier alpha value is -3.35. The first kappa shape index (κ1) is 24.8. The van der Waals surface area contributed by atoms with E-state index in [0.717, 1.165) is 19.3 Å². The summed E-state index contributed by atoms with van der Waals surface area (Å²) in [6, 6.07) is 16.3. The average molecular weight is 479 g/mol. The zero-order valence-corrected chi connectivity index (χ0v) is 20.2. The predicted molar refractivity (Wildman–Crippen MR) is 133 cm³/mol. The van der Waals surface area contributed by atoms with Crippen LogP contribution in [0.2, 0.25) is 0 Å². The highest BCUT2D eigenvalue weighted by molar-refractivity contribution is 5.80. The summed E-state index contributed by atoms with van der Waals surface area (Å²) in [6.07, 6.45) is 3.28. The zero-order valence-electron chi connectivity index (χ0n) is 20.2. The van der Waals surface area contributed by atoms with Gasteiger partial charge >= 0.3 is 12.1 Å². The normalized spacial score (nSPS) is 19.8. The fourth-order valence-corrected chi connectivity index (χ4v) is 5.36. The monoisotopic (exact) mass is 478 g/mol. The number of fused-ring (bicyclic) bond motifs is 3. The minimum absolute atomic E-state index is 0.00958. The number of carbonyl (C=O) groups excluding carboxylic acids is 2. The Morgan fingerprint density at radius 1 is 1.03 bits per heavy atom. The van der Waals surface area contributed by atoms with E-state index in [-0.39, 0.29) is 42.7 Å². The van der Waals surface area contributed by atoms with E-state index in [1.165, 1.54) is 22.3 Å². The van der Waals surface area contributed by atoms with Crippen molar-refractivity contribution < 1.29 is 24.2 Å². The number of rotatable bonds is 9. The van der Waals surface area contributed by atoms with Crippen LogP contribution in [0.15, 0.2) is 48.5 Å². The molecule has 7 nitrogen and oxygen atoms in total. The molecule has 0 spiro atoms. The maximum absolute atomic E-state index is 12.7. The maximum Gasteiger partial charge on any atom is 0.407 e. The Labute approximate surface area is 206 Å².